The Balaban J connectivity index is 3.94. The second kappa shape index (κ2) is 3.86. The molecule has 0 aromatic rings. The van der Waals surface area contributed by atoms with Crippen LogP contribution in [0.15, 0.2) is 0 Å². The van der Waals surface area contributed by atoms with E-state index in [2.05, 4.69) is 0 Å². The summed E-state index contributed by atoms with van der Waals surface area (Å²) in [5, 5.41) is 0. The van der Waals surface area contributed by atoms with Crippen molar-refractivity contribution >= 4 is 5.78 Å². The summed E-state index contributed by atoms with van der Waals surface area (Å²) >= 11 is 0. The van der Waals surface area contributed by atoms with Gasteiger partial charge >= 0.3 is 0 Å². The SMILES string of the molecule is CC(C)C(=O)CC(C)(C)CN. The number of ketones is 1. The van der Waals surface area contributed by atoms with Crippen LogP contribution in [0.5, 0.6) is 0 Å². The molecule has 0 aromatic heterocycles. The van der Waals surface area contributed by atoms with E-state index in [1.54, 1.807) is 0 Å². The van der Waals surface area contributed by atoms with E-state index in [9.17, 15) is 4.79 Å². The second-order valence-electron chi connectivity index (χ2n) is 4.17. The lowest BCUT2D eigenvalue weighted by Crippen LogP contribution is -2.28. The summed E-state index contributed by atoms with van der Waals surface area (Å²) in [6.45, 7) is 8.47. The van der Waals surface area contributed by atoms with Gasteiger partial charge in [0.05, 0.1) is 0 Å². The van der Waals surface area contributed by atoms with Crippen molar-refractivity contribution in [1.29, 1.82) is 0 Å². The van der Waals surface area contributed by atoms with Crippen molar-refractivity contribution in [1.82, 2.24) is 0 Å². The van der Waals surface area contributed by atoms with Crippen LogP contribution >= 0.6 is 0 Å². The smallest absolute Gasteiger partial charge is 0.136 e. The van der Waals surface area contributed by atoms with E-state index in [4.69, 9.17) is 5.73 Å². The Hall–Kier alpha value is -0.370. The zero-order chi connectivity index (χ0) is 9.07. The van der Waals surface area contributed by atoms with Crippen LogP contribution in [-0.2, 0) is 4.79 Å². The summed E-state index contributed by atoms with van der Waals surface area (Å²) < 4.78 is 0. The lowest BCUT2D eigenvalue weighted by atomic mass is 9.85. The van der Waals surface area contributed by atoms with Gasteiger partial charge in [-0.1, -0.05) is 27.7 Å². The largest absolute Gasteiger partial charge is 0.330 e. The van der Waals surface area contributed by atoms with Crippen LogP contribution in [0.4, 0.5) is 0 Å². The molecule has 0 unspecified atom stereocenters. The van der Waals surface area contributed by atoms with E-state index in [-0.39, 0.29) is 11.3 Å². The summed E-state index contributed by atoms with van der Waals surface area (Å²) in [4.78, 5) is 11.3. The highest BCUT2D eigenvalue weighted by molar-refractivity contribution is 5.80. The number of hydrogen-bond acceptors (Lipinski definition) is 2. The lowest BCUT2D eigenvalue weighted by molar-refractivity contribution is -0.123. The van der Waals surface area contributed by atoms with Gasteiger partial charge in [-0.3, -0.25) is 4.79 Å². The quantitative estimate of drug-likeness (QED) is 0.673. The van der Waals surface area contributed by atoms with Crippen molar-refractivity contribution in [3.8, 4) is 0 Å². The molecule has 0 saturated carbocycles. The molecule has 0 atom stereocenters. The van der Waals surface area contributed by atoms with Crippen LogP contribution in [0.1, 0.15) is 34.1 Å². The van der Waals surface area contributed by atoms with Crippen LogP contribution in [-0.4, -0.2) is 12.3 Å². The molecule has 0 aromatic carbocycles. The summed E-state index contributed by atoms with van der Waals surface area (Å²) in [7, 11) is 0. The van der Waals surface area contributed by atoms with E-state index >= 15 is 0 Å². The fourth-order valence-electron chi connectivity index (χ4n) is 0.748. The molecule has 2 N–H and O–H groups in total. The van der Waals surface area contributed by atoms with Crippen molar-refractivity contribution in [2.75, 3.05) is 6.54 Å². The minimum atomic E-state index is -0.0264. The molecule has 2 nitrogen and oxygen atoms in total. The maximum absolute atomic E-state index is 11.3. The molecule has 0 radical (unpaired) electrons. The van der Waals surface area contributed by atoms with Crippen molar-refractivity contribution in [2.24, 2.45) is 17.1 Å². The van der Waals surface area contributed by atoms with Gasteiger partial charge in [-0.2, -0.15) is 0 Å². The highest BCUT2D eigenvalue weighted by Crippen LogP contribution is 2.20. The molecule has 0 amide bonds. The predicted octanol–water partition coefficient (Wildman–Crippen LogP) is 1.59. The van der Waals surface area contributed by atoms with Gasteiger partial charge in [0, 0.05) is 12.3 Å². The van der Waals surface area contributed by atoms with Crippen molar-refractivity contribution in [3.05, 3.63) is 0 Å². The first-order valence-electron chi connectivity index (χ1n) is 4.12. The van der Waals surface area contributed by atoms with Crippen molar-refractivity contribution in [3.63, 3.8) is 0 Å². The molecule has 0 spiro atoms. The number of rotatable bonds is 4. The topological polar surface area (TPSA) is 43.1 Å². The molecule has 2 heteroatoms. The van der Waals surface area contributed by atoms with E-state index in [0.29, 0.717) is 18.7 Å². The van der Waals surface area contributed by atoms with Crippen LogP contribution in [0.25, 0.3) is 0 Å². The van der Waals surface area contributed by atoms with E-state index in [1.807, 2.05) is 27.7 Å². The third-order valence-electron chi connectivity index (χ3n) is 1.85. The third kappa shape index (κ3) is 4.14. The van der Waals surface area contributed by atoms with Crippen LogP contribution in [0, 0.1) is 11.3 Å². The highest BCUT2D eigenvalue weighted by atomic mass is 16.1. The van der Waals surface area contributed by atoms with Crippen molar-refractivity contribution in [2.45, 2.75) is 34.1 Å². The molecule has 0 fully saturated rings. The van der Waals surface area contributed by atoms with Crippen LogP contribution in [0.2, 0.25) is 0 Å². The number of carbonyl (C=O) groups is 1. The predicted molar refractivity (Wildman–Crippen MR) is 47.3 cm³/mol. The summed E-state index contributed by atoms with van der Waals surface area (Å²) in [6, 6.07) is 0. The maximum atomic E-state index is 11.3. The average molecular weight is 157 g/mol. The summed E-state index contributed by atoms with van der Waals surface area (Å²) in [5.74, 6) is 0.446. The van der Waals surface area contributed by atoms with Gasteiger partial charge in [0.15, 0.2) is 0 Å². The Morgan fingerprint density at radius 2 is 1.91 bits per heavy atom. The molecular formula is C9H19NO. The number of Topliss-reactive ketones (excluding diaryl/α,β-unsaturated/α-hetero) is 1. The number of hydrogen-bond donors (Lipinski definition) is 1. The molecule has 0 heterocycles. The van der Waals surface area contributed by atoms with Crippen LogP contribution < -0.4 is 5.73 Å². The molecule has 66 valence electrons. The molecule has 0 aliphatic rings. The van der Waals surface area contributed by atoms with Gasteiger partial charge in [-0.05, 0) is 12.0 Å². The normalized spacial score (nSPS) is 12.2. The fourth-order valence-corrected chi connectivity index (χ4v) is 0.748. The second-order valence-corrected chi connectivity index (χ2v) is 4.17. The Bertz CT molecular complexity index is 138. The average Bonchev–Trinajstić information content (AvgIpc) is 1.87. The van der Waals surface area contributed by atoms with Gasteiger partial charge in [0.25, 0.3) is 0 Å². The molecule has 0 aliphatic heterocycles. The zero-order valence-corrected chi connectivity index (χ0v) is 7.98. The maximum Gasteiger partial charge on any atom is 0.136 e. The van der Waals surface area contributed by atoms with Gasteiger partial charge in [0.2, 0.25) is 0 Å². The molecule has 0 saturated heterocycles. The standard InChI is InChI=1S/C9H19NO/c1-7(2)8(11)5-9(3,4)6-10/h7H,5-6,10H2,1-4H3. The van der Waals surface area contributed by atoms with Gasteiger partial charge in [-0.15, -0.1) is 0 Å². The Kier molecular flexibility index (Phi) is 3.73. The first-order valence-corrected chi connectivity index (χ1v) is 4.12. The summed E-state index contributed by atoms with van der Waals surface area (Å²) in [6.07, 6.45) is 0.598. The van der Waals surface area contributed by atoms with E-state index in [0.717, 1.165) is 0 Å². The minimum Gasteiger partial charge on any atom is -0.330 e. The Morgan fingerprint density at radius 1 is 1.45 bits per heavy atom. The Labute approximate surface area is 69.2 Å². The zero-order valence-electron chi connectivity index (χ0n) is 7.98. The molecule has 0 bridgehead atoms. The van der Waals surface area contributed by atoms with E-state index < -0.39 is 0 Å². The number of nitrogens with two attached hydrogens (primary N) is 1. The highest BCUT2D eigenvalue weighted by Gasteiger charge is 2.21. The fraction of sp³-hybridized carbons (Fsp3) is 0.889. The van der Waals surface area contributed by atoms with Crippen LogP contribution in [0.3, 0.4) is 0 Å². The number of carbonyl (C=O) groups excluding carboxylic acids is 1. The third-order valence-corrected chi connectivity index (χ3v) is 1.85. The molecule has 0 aliphatic carbocycles. The van der Waals surface area contributed by atoms with Gasteiger partial charge in [0.1, 0.15) is 5.78 Å². The Morgan fingerprint density at radius 3 is 2.18 bits per heavy atom. The lowest BCUT2D eigenvalue weighted by Gasteiger charge is -2.21. The first kappa shape index (κ1) is 10.6. The van der Waals surface area contributed by atoms with Gasteiger partial charge in [-0.25, -0.2) is 0 Å². The minimum absolute atomic E-state index is 0.0264. The monoisotopic (exact) mass is 157 g/mol. The summed E-state index contributed by atoms with van der Waals surface area (Å²) in [5.41, 5.74) is 5.48. The van der Waals surface area contributed by atoms with Gasteiger partial charge < -0.3 is 5.73 Å². The molecular weight excluding hydrogens is 138 g/mol. The van der Waals surface area contributed by atoms with Crippen molar-refractivity contribution < 1.29 is 4.79 Å². The molecule has 0 rings (SSSR count). The van der Waals surface area contributed by atoms with E-state index in [1.165, 1.54) is 0 Å². The molecule has 11 heavy (non-hydrogen) atoms. The first-order chi connectivity index (χ1) is 4.89.